The van der Waals surface area contributed by atoms with Crippen LogP contribution < -0.4 is 18.9 Å². The molecule has 1 aromatic heterocycles. The monoisotopic (exact) mass is 619 g/mol. The van der Waals surface area contributed by atoms with Crippen molar-refractivity contribution in [3.63, 3.8) is 0 Å². The summed E-state index contributed by atoms with van der Waals surface area (Å²) in [5, 5.41) is 18.7. The van der Waals surface area contributed by atoms with Gasteiger partial charge in [0.2, 0.25) is 0 Å². The molecule has 1 aliphatic heterocycles. The van der Waals surface area contributed by atoms with E-state index in [-0.39, 0.29) is 11.7 Å². The molecule has 0 saturated heterocycles. The normalized spacial score (nSPS) is 14.2. The Bertz CT molecular complexity index is 1640. The van der Waals surface area contributed by atoms with Gasteiger partial charge in [0.1, 0.15) is 17.1 Å². The summed E-state index contributed by atoms with van der Waals surface area (Å²) in [5.41, 5.74) is 3.74. The molecule has 1 amide bonds. The highest BCUT2D eigenvalue weighted by Gasteiger charge is 2.42. The molecule has 1 aliphatic rings. The molecular weight excluding hydrogens is 582 g/mol. The maximum Gasteiger partial charge on any atom is 0.273 e. The number of rotatable bonds is 13. The number of ether oxygens (including phenoxy) is 4. The van der Waals surface area contributed by atoms with Crippen LogP contribution in [-0.4, -0.2) is 60.1 Å². The molecule has 0 radical (unpaired) electrons. The first-order valence-electron chi connectivity index (χ1n) is 14.7. The minimum atomic E-state index is -0.520. The SMILES string of the molecule is CCOc1cc(C2c3c(-c4cc(Cl)ccc4O)n[nH]c3C(=O)N2CCc2ccc(OC)c(OC)c2)ccc1OCCC(C)C. The number of amides is 1. The highest BCUT2D eigenvalue weighted by Crippen LogP contribution is 2.46. The number of phenols is 1. The van der Waals surface area contributed by atoms with Crippen LogP contribution in [0, 0.1) is 5.92 Å². The van der Waals surface area contributed by atoms with E-state index in [0.717, 1.165) is 17.5 Å². The van der Waals surface area contributed by atoms with Crippen molar-refractivity contribution in [1.29, 1.82) is 0 Å². The number of aromatic nitrogens is 2. The maximum absolute atomic E-state index is 14.0. The number of aromatic amines is 1. The first-order valence-corrected chi connectivity index (χ1v) is 15.1. The van der Waals surface area contributed by atoms with E-state index >= 15 is 0 Å². The summed E-state index contributed by atoms with van der Waals surface area (Å²) in [6.45, 7) is 7.66. The molecule has 1 unspecified atom stereocenters. The van der Waals surface area contributed by atoms with Gasteiger partial charge in [0.05, 0.1) is 33.5 Å². The second-order valence-corrected chi connectivity index (χ2v) is 11.5. The molecule has 44 heavy (non-hydrogen) atoms. The number of H-pyrrole nitrogens is 1. The quantitative estimate of drug-likeness (QED) is 0.165. The molecule has 1 atom stereocenters. The van der Waals surface area contributed by atoms with Crippen LogP contribution in [-0.2, 0) is 6.42 Å². The van der Waals surface area contributed by atoms with Gasteiger partial charge >= 0.3 is 0 Å². The third-order valence-electron chi connectivity index (χ3n) is 7.70. The lowest BCUT2D eigenvalue weighted by Crippen LogP contribution is -2.31. The minimum Gasteiger partial charge on any atom is -0.507 e. The number of aromatic hydroxyl groups is 1. The summed E-state index contributed by atoms with van der Waals surface area (Å²) < 4.78 is 23.0. The fourth-order valence-corrected chi connectivity index (χ4v) is 5.62. The summed E-state index contributed by atoms with van der Waals surface area (Å²) >= 11 is 6.32. The lowest BCUT2D eigenvalue weighted by Gasteiger charge is -2.27. The van der Waals surface area contributed by atoms with Crippen LogP contribution in [0.1, 0.15) is 60.4 Å². The molecule has 0 aliphatic carbocycles. The van der Waals surface area contributed by atoms with Gasteiger partial charge in [0.15, 0.2) is 23.0 Å². The van der Waals surface area contributed by atoms with Gasteiger partial charge in [-0.25, -0.2) is 0 Å². The summed E-state index contributed by atoms with van der Waals surface area (Å²) in [4.78, 5) is 15.8. The zero-order valence-corrected chi connectivity index (χ0v) is 26.4. The second kappa shape index (κ2) is 13.5. The molecule has 3 aromatic carbocycles. The van der Waals surface area contributed by atoms with Crippen molar-refractivity contribution in [3.8, 4) is 40.0 Å². The van der Waals surface area contributed by atoms with Gasteiger partial charge in [0, 0.05) is 22.7 Å². The topological polar surface area (TPSA) is 106 Å². The Kier molecular flexibility index (Phi) is 9.54. The summed E-state index contributed by atoms with van der Waals surface area (Å²) in [5.74, 6) is 2.84. The largest absolute Gasteiger partial charge is 0.507 e. The average molecular weight is 620 g/mol. The number of hydrogen-bond acceptors (Lipinski definition) is 7. The first kappa shape index (κ1) is 31.1. The highest BCUT2D eigenvalue weighted by atomic mass is 35.5. The summed E-state index contributed by atoms with van der Waals surface area (Å²) in [6.07, 6.45) is 1.48. The van der Waals surface area contributed by atoms with Crippen molar-refractivity contribution in [3.05, 3.63) is 82.0 Å². The van der Waals surface area contributed by atoms with E-state index in [1.54, 1.807) is 26.4 Å². The standard InChI is InChI=1S/C34H38ClN3O6/c1-6-43-29-18-22(8-12-27(29)44-16-14-20(2)3)33-30-31(24-19-23(35)9-10-25(24)39)36-37-32(30)34(40)38(33)15-13-21-7-11-26(41-4)28(17-21)42-5/h7-12,17-20,33,39H,6,13-16H2,1-5H3,(H,36,37). The van der Waals surface area contributed by atoms with Gasteiger partial charge in [-0.3, -0.25) is 9.89 Å². The Morgan fingerprint density at radius 3 is 2.48 bits per heavy atom. The lowest BCUT2D eigenvalue weighted by atomic mass is 9.95. The number of carbonyl (C=O) groups excluding carboxylic acids is 1. The van der Waals surface area contributed by atoms with E-state index in [1.807, 2.05) is 48.2 Å². The van der Waals surface area contributed by atoms with Gasteiger partial charge in [-0.15, -0.1) is 0 Å². The van der Waals surface area contributed by atoms with Crippen molar-refractivity contribution in [2.75, 3.05) is 34.0 Å². The number of hydrogen-bond donors (Lipinski definition) is 2. The Balaban J connectivity index is 1.56. The molecule has 2 heterocycles. The second-order valence-electron chi connectivity index (χ2n) is 11.0. The van der Waals surface area contributed by atoms with Crippen LogP contribution in [0.15, 0.2) is 54.6 Å². The highest BCUT2D eigenvalue weighted by molar-refractivity contribution is 6.31. The number of carbonyl (C=O) groups is 1. The van der Waals surface area contributed by atoms with E-state index in [2.05, 4.69) is 24.0 Å². The van der Waals surface area contributed by atoms with Gasteiger partial charge in [-0.2, -0.15) is 5.10 Å². The molecule has 4 aromatic rings. The number of phenolic OH excluding ortho intramolecular Hbond substituents is 1. The third kappa shape index (κ3) is 6.28. The number of nitrogens with one attached hydrogen (secondary N) is 1. The number of nitrogens with zero attached hydrogens (tertiary/aromatic N) is 2. The van der Waals surface area contributed by atoms with Crippen molar-refractivity contribution >= 4 is 17.5 Å². The zero-order chi connectivity index (χ0) is 31.4. The minimum absolute atomic E-state index is 0.0163. The van der Waals surface area contributed by atoms with Crippen LogP contribution in [0.2, 0.25) is 5.02 Å². The molecule has 0 saturated carbocycles. The Morgan fingerprint density at radius 2 is 1.75 bits per heavy atom. The van der Waals surface area contributed by atoms with Crippen molar-refractivity contribution in [1.82, 2.24) is 15.1 Å². The average Bonchev–Trinajstić information content (AvgIpc) is 3.56. The van der Waals surface area contributed by atoms with Crippen molar-refractivity contribution in [2.45, 2.75) is 39.7 Å². The zero-order valence-electron chi connectivity index (χ0n) is 25.6. The molecule has 0 fully saturated rings. The summed E-state index contributed by atoms with van der Waals surface area (Å²) in [6, 6.07) is 15.8. The van der Waals surface area contributed by atoms with Crippen LogP contribution in [0.4, 0.5) is 0 Å². The van der Waals surface area contributed by atoms with Crippen molar-refractivity contribution in [2.24, 2.45) is 5.92 Å². The van der Waals surface area contributed by atoms with Crippen LogP contribution in [0.25, 0.3) is 11.3 Å². The van der Waals surface area contributed by atoms with E-state index in [1.165, 1.54) is 6.07 Å². The summed E-state index contributed by atoms with van der Waals surface area (Å²) in [7, 11) is 3.19. The fourth-order valence-electron chi connectivity index (χ4n) is 5.45. The van der Waals surface area contributed by atoms with Crippen LogP contribution in [0.3, 0.4) is 0 Å². The number of fused-ring (bicyclic) bond motifs is 1. The predicted octanol–water partition coefficient (Wildman–Crippen LogP) is 7.06. The Morgan fingerprint density at radius 1 is 0.977 bits per heavy atom. The molecule has 232 valence electrons. The van der Waals surface area contributed by atoms with Gasteiger partial charge < -0.3 is 29.0 Å². The lowest BCUT2D eigenvalue weighted by molar-refractivity contribution is 0.0745. The molecule has 0 spiro atoms. The Hall–Kier alpha value is -4.37. The maximum atomic E-state index is 14.0. The third-order valence-corrected chi connectivity index (χ3v) is 7.94. The number of methoxy groups -OCH3 is 2. The van der Waals surface area contributed by atoms with E-state index in [4.69, 9.17) is 30.5 Å². The van der Waals surface area contributed by atoms with Crippen molar-refractivity contribution < 1.29 is 28.8 Å². The molecule has 2 N–H and O–H groups in total. The first-order chi connectivity index (χ1) is 21.2. The Labute approximate surface area is 262 Å². The van der Waals surface area contributed by atoms with E-state index < -0.39 is 6.04 Å². The van der Waals surface area contributed by atoms with Gasteiger partial charge in [-0.1, -0.05) is 37.6 Å². The van der Waals surface area contributed by atoms with Crippen LogP contribution in [0.5, 0.6) is 28.7 Å². The molecule has 9 nitrogen and oxygen atoms in total. The van der Waals surface area contributed by atoms with E-state index in [0.29, 0.717) is 82.6 Å². The molecule has 5 rings (SSSR count). The molecule has 0 bridgehead atoms. The van der Waals surface area contributed by atoms with Gasteiger partial charge in [-0.05, 0) is 79.3 Å². The number of benzene rings is 3. The smallest absolute Gasteiger partial charge is 0.273 e. The fraction of sp³-hybridized carbons (Fsp3) is 0.353. The van der Waals surface area contributed by atoms with E-state index in [9.17, 15) is 9.90 Å². The molecule has 10 heteroatoms. The number of halogens is 1. The molecular formula is C34H38ClN3O6. The van der Waals surface area contributed by atoms with Crippen LogP contribution >= 0.6 is 11.6 Å². The predicted molar refractivity (Wildman–Crippen MR) is 169 cm³/mol. The van der Waals surface area contributed by atoms with Gasteiger partial charge in [0.25, 0.3) is 5.91 Å².